The van der Waals surface area contributed by atoms with Gasteiger partial charge in [-0.3, -0.25) is 9.78 Å². The molecule has 1 saturated heterocycles. The maximum atomic E-state index is 12.4. The lowest BCUT2D eigenvalue weighted by Gasteiger charge is -2.16. The van der Waals surface area contributed by atoms with E-state index in [1.807, 2.05) is 7.05 Å². The summed E-state index contributed by atoms with van der Waals surface area (Å²) in [7, 11) is 1.85. The van der Waals surface area contributed by atoms with Gasteiger partial charge in [0.1, 0.15) is 5.69 Å². The van der Waals surface area contributed by atoms with E-state index in [0.29, 0.717) is 25.2 Å². The van der Waals surface area contributed by atoms with Crippen molar-refractivity contribution in [3.05, 3.63) is 29.6 Å². The summed E-state index contributed by atoms with van der Waals surface area (Å²) in [6, 6.07) is 2.03. The molecule has 22 heavy (non-hydrogen) atoms. The molecule has 9 heteroatoms. The van der Waals surface area contributed by atoms with E-state index in [-0.39, 0.29) is 36.4 Å². The minimum atomic E-state index is -4.43. The Morgan fingerprint density at radius 1 is 1.41 bits per heavy atom. The third-order valence-corrected chi connectivity index (χ3v) is 3.38. The fourth-order valence-electron chi connectivity index (χ4n) is 2.32. The molecule has 1 aromatic heterocycles. The number of carbonyl (C=O) groups excluding carboxylic acids is 1. The van der Waals surface area contributed by atoms with Crippen molar-refractivity contribution >= 4 is 30.7 Å². The Balaban J connectivity index is 0.00000220. The van der Waals surface area contributed by atoms with Gasteiger partial charge in [-0.05, 0) is 38.1 Å². The van der Waals surface area contributed by atoms with Crippen molar-refractivity contribution in [2.24, 2.45) is 5.92 Å². The van der Waals surface area contributed by atoms with Gasteiger partial charge in [0.25, 0.3) is 5.91 Å². The number of halogens is 5. The standard InChI is InChI=1S/C13H16F3N3O.2ClH/c1-17-6-9-4-5-19(8-9)12(20)11-3-2-10(7-18-11)13(14,15)16;;/h2-3,7,9,17H,4-6,8H2,1H3;2*1H. The number of rotatable bonds is 3. The monoisotopic (exact) mass is 359 g/mol. The van der Waals surface area contributed by atoms with Gasteiger partial charge in [-0.15, -0.1) is 24.8 Å². The molecule has 0 radical (unpaired) electrons. The molecule has 1 atom stereocenters. The zero-order valence-corrected chi connectivity index (χ0v) is 13.5. The fraction of sp³-hybridized carbons (Fsp3) is 0.538. The lowest BCUT2D eigenvalue weighted by Crippen LogP contribution is -2.31. The summed E-state index contributed by atoms with van der Waals surface area (Å²) in [6.07, 6.45) is -2.83. The Labute approximate surface area is 139 Å². The van der Waals surface area contributed by atoms with E-state index in [4.69, 9.17) is 0 Å². The van der Waals surface area contributed by atoms with Crippen LogP contribution in [0.25, 0.3) is 0 Å². The molecule has 1 amide bonds. The molecule has 1 fully saturated rings. The molecule has 0 bridgehead atoms. The summed E-state index contributed by atoms with van der Waals surface area (Å²) >= 11 is 0. The largest absolute Gasteiger partial charge is 0.417 e. The first-order chi connectivity index (χ1) is 9.41. The molecule has 1 N–H and O–H groups in total. The number of carbonyl (C=O) groups is 1. The normalized spacial score (nSPS) is 17.6. The first-order valence-electron chi connectivity index (χ1n) is 6.39. The van der Waals surface area contributed by atoms with E-state index in [0.717, 1.165) is 25.1 Å². The van der Waals surface area contributed by atoms with Crippen molar-refractivity contribution in [3.63, 3.8) is 0 Å². The molecule has 4 nitrogen and oxygen atoms in total. The molecule has 2 rings (SSSR count). The summed E-state index contributed by atoms with van der Waals surface area (Å²) in [5.41, 5.74) is -0.786. The zero-order chi connectivity index (χ0) is 14.8. The number of amides is 1. The highest BCUT2D eigenvalue weighted by Crippen LogP contribution is 2.28. The molecule has 0 aromatic carbocycles. The molecule has 1 aliphatic heterocycles. The summed E-state index contributed by atoms with van der Waals surface area (Å²) in [5, 5.41) is 3.05. The maximum absolute atomic E-state index is 12.4. The van der Waals surface area contributed by atoms with Crippen molar-refractivity contribution < 1.29 is 18.0 Å². The first-order valence-corrected chi connectivity index (χ1v) is 6.39. The van der Waals surface area contributed by atoms with Crippen molar-refractivity contribution in [1.29, 1.82) is 0 Å². The van der Waals surface area contributed by atoms with E-state index in [2.05, 4.69) is 10.3 Å². The zero-order valence-electron chi connectivity index (χ0n) is 11.9. The number of nitrogens with one attached hydrogen (secondary N) is 1. The van der Waals surface area contributed by atoms with Crippen LogP contribution in [0.3, 0.4) is 0 Å². The number of hydrogen-bond donors (Lipinski definition) is 1. The Morgan fingerprint density at radius 2 is 2.09 bits per heavy atom. The maximum Gasteiger partial charge on any atom is 0.417 e. The highest BCUT2D eigenvalue weighted by atomic mass is 35.5. The minimum absolute atomic E-state index is 0. The van der Waals surface area contributed by atoms with Crippen LogP contribution in [0.4, 0.5) is 13.2 Å². The van der Waals surface area contributed by atoms with Gasteiger partial charge < -0.3 is 10.2 Å². The quantitative estimate of drug-likeness (QED) is 0.902. The third-order valence-electron chi connectivity index (χ3n) is 3.38. The highest BCUT2D eigenvalue weighted by Gasteiger charge is 2.32. The summed E-state index contributed by atoms with van der Waals surface area (Å²) in [4.78, 5) is 17.4. The number of aromatic nitrogens is 1. The van der Waals surface area contributed by atoms with Crippen molar-refractivity contribution in [3.8, 4) is 0 Å². The molecule has 1 aliphatic rings. The molecule has 1 aromatic rings. The van der Waals surface area contributed by atoms with Crippen LogP contribution in [0.15, 0.2) is 18.3 Å². The van der Waals surface area contributed by atoms with E-state index in [9.17, 15) is 18.0 Å². The third kappa shape index (κ3) is 5.00. The Bertz CT molecular complexity index is 482. The van der Waals surface area contributed by atoms with Crippen LogP contribution in [-0.4, -0.2) is 42.5 Å². The topological polar surface area (TPSA) is 45.2 Å². The second kappa shape index (κ2) is 8.55. The van der Waals surface area contributed by atoms with Crippen LogP contribution in [0.2, 0.25) is 0 Å². The van der Waals surface area contributed by atoms with Gasteiger partial charge in [-0.2, -0.15) is 13.2 Å². The summed E-state index contributed by atoms with van der Waals surface area (Å²) < 4.78 is 37.2. The molecular formula is C13H18Cl2F3N3O. The molecular weight excluding hydrogens is 342 g/mol. The molecule has 1 unspecified atom stereocenters. The lowest BCUT2D eigenvalue weighted by atomic mass is 10.1. The molecule has 126 valence electrons. The molecule has 2 heterocycles. The number of pyridine rings is 1. The summed E-state index contributed by atoms with van der Waals surface area (Å²) in [5.74, 6) is 0.0794. The average Bonchev–Trinajstić information content (AvgIpc) is 2.86. The van der Waals surface area contributed by atoms with Gasteiger partial charge in [-0.1, -0.05) is 0 Å². The fourth-order valence-corrected chi connectivity index (χ4v) is 2.32. The van der Waals surface area contributed by atoms with E-state index in [1.165, 1.54) is 0 Å². The van der Waals surface area contributed by atoms with Gasteiger partial charge in [0, 0.05) is 19.3 Å². The SMILES string of the molecule is CNCC1CCN(C(=O)c2ccc(C(F)(F)F)cn2)C1.Cl.Cl. The second-order valence-corrected chi connectivity index (χ2v) is 4.89. The Kier molecular flexibility index (Phi) is 8.14. The minimum Gasteiger partial charge on any atom is -0.337 e. The predicted octanol–water partition coefficient (Wildman–Crippen LogP) is 2.63. The second-order valence-electron chi connectivity index (χ2n) is 4.89. The number of nitrogens with zero attached hydrogens (tertiary/aromatic N) is 2. The van der Waals surface area contributed by atoms with Gasteiger partial charge in [0.05, 0.1) is 5.56 Å². The average molecular weight is 360 g/mol. The number of likely N-dealkylation sites (tertiary alicyclic amines) is 1. The number of hydrogen-bond acceptors (Lipinski definition) is 3. The van der Waals surface area contributed by atoms with Gasteiger partial charge in [-0.25, -0.2) is 0 Å². The predicted molar refractivity (Wildman–Crippen MR) is 81.7 cm³/mol. The van der Waals surface area contributed by atoms with Crippen LogP contribution < -0.4 is 5.32 Å². The Morgan fingerprint density at radius 3 is 2.59 bits per heavy atom. The molecule has 0 spiro atoms. The van der Waals surface area contributed by atoms with Gasteiger partial charge >= 0.3 is 6.18 Å². The van der Waals surface area contributed by atoms with Crippen molar-refractivity contribution in [2.45, 2.75) is 12.6 Å². The first kappa shape index (κ1) is 20.9. The molecule has 0 aliphatic carbocycles. The van der Waals surface area contributed by atoms with E-state index < -0.39 is 11.7 Å². The smallest absolute Gasteiger partial charge is 0.337 e. The Hall–Kier alpha value is -1.05. The van der Waals surface area contributed by atoms with Crippen LogP contribution in [0.1, 0.15) is 22.5 Å². The summed E-state index contributed by atoms with van der Waals surface area (Å²) in [6.45, 7) is 2.06. The highest BCUT2D eigenvalue weighted by molar-refractivity contribution is 5.92. The van der Waals surface area contributed by atoms with E-state index >= 15 is 0 Å². The van der Waals surface area contributed by atoms with E-state index in [1.54, 1.807) is 4.90 Å². The van der Waals surface area contributed by atoms with Crippen molar-refractivity contribution in [2.75, 3.05) is 26.7 Å². The van der Waals surface area contributed by atoms with Crippen LogP contribution in [-0.2, 0) is 6.18 Å². The van der Waals surface area contributed by atoms with Gasteiger partial charge in [0.15, 0.2) is 0 Å². The lowest BCUT2D eigenvalue weighted by molar-refractivity contribution is -0.137. The molecule has 0 saturated carbocycles. The van der Waals surface area contributed by atoms with Crippen LogP contribution in [0, 0.1) is 5.92 Å². The van der Waals surface area contributed by atoms with Crippen molar-refractivity contribution in [1.82, 2.24) is 15.2 Å². The van der Waals surface area contributed by atoms with Gasteiger partial charge in [0.2, 0.25) is 0 Å². The number of alkyl halides is 3. The van der Waals surface area contributed by atoms with Crippen LogP contribution >= 0.6 is 24.8 Å². The van der Waals surface area contributed by atoms with Crippen LogP contribution in [0.5, 0.6) is 0 Å².